The molecule has 1 saturated heterocycles. The van der Waals surface area contributed by atoms with Crippen molar-refractivity contribution in [3.05, 3.63) is 91.2 Å². The average molecular weight is 455 g/mol. The summed E-state index contributed by atoms with van der Waals surface area (Å²) in [5, 5.41) is 7.28. The Labute approximate surface area is 189 Å². The van der Waals surface area contributed by atoms with Crippen LogP contribution in [0.5, 0.6) is 0 Å². The number of rotatable bonds is 6. The van der Waals surface area contributed by atoms with Gasteiger partial charge in [-0.1, -0.05) is 48.0 Å². The van der Waals surface area contributed by atoms with Crippen molar-refractivity contribution in [3.8, 4) is 5.69 Å². The second kappa shape index (κ2) is 9.50. The Hall–Kier alpha value is -3.23. The maximum absolute atomic E-state index is 13.2. The van der Waals surface area contributed by atoms with E-state index in [9.17, 15) is 14.4 Å². The van der Waals surface area contributed by atoms with Crippen LogP contribution in [0.4, 0.5) is 0 Å². The minimum atomic E-state index is -0.752. The molecular formula is C23H23ClN4O4. The highest BCUT2D eigenvalue weighted by Crippen LogP contribution is 2.18. The molecule has 0 aliphatic carbocycles. The Morgan fingerprint density at radius 1 is 1.22 bits per heavy atom. The number of carbonyl (C=O) groups excluding carboxylic acids is 1. The molecule has 2 aromatic carbocycles. The van der Waals surface area contributed by atoms with Gasteiger partial charge in [0.05, 0.1) is 18.3 Å². The fourth-order valence-electron chi connectivity index (χ4n) is 3.54. The Kier molecular flexibility index (Phi) is 6.53. The fraction of sp³-hybridized carbons (Fsp3) is 0.304. The van der Waals surface area contributed by atoms with Gasteiger partial charge in [0.25, 0.3) is 11.5 Å². The van der Waals surface area contributed by atoms with Crippen LogP contribution in [0.2, 0.25) is 5.02 Å². The summed E-state index contributed by atoms with van der Waals surface area (Å²) < 4.78 is 7.57. The Balaban J connectivity index is 1.78. The standard InChI is InChI=1S/C23H23ClN4O4/c1-15-9-10-17(12-19(15)24)28-23(31)27(14-16-6-3-2-4-7-16)22(30)20(26-28)21(29)25-13-18-8-5-11-32-18/h2-4,6-7,9-10,12,18H,5,8,11,13-14H2,1H3,(H,25,29). The van der Waals surface area contributed by atoms with Crippen LogP contribution in [0.25, 0.3) is 5.69 Å². The van der Waals surface area contributed by atoms with Crippen molar-refractivity contribution in [2.45, 2.75) is 32.4 Å². The molecule has 1 aromatic heterocycles. The number of benzene rings is 2. The lowest BCUT2D eigenvalue weighted by Crippen LogP contribution is -2.46. The number of aryl methyl sites for hydroxylation is 1. The molecular weight excluding hydrogens is 432 g/mol. The van der Waals surface area contributed by atoms with Crippen LogP contribution in [-0.2, 0) is 11.3 Å². The Morgan fingerprint density at radius 2 is 2.00 bits per heavy atom. The predicted molar refractivity (Wildman–Crippen MR) is 121 cm³/mol. The molecule has 0 saturated carbocycles. The molecule has 1 aliphatic rings. The van der Waals surface area contributed by atoms with Crippen LogP contribution in [0.1, 0.15) is 34.5 Å². The van der Waals surface area contributed by atoms with Gasteiger partial charge in [-0.05, 0) is 43.0 Å². The maximum atomic E-state index is 13.2. The van der Waals surface area contributed by atoms with Crippen LogP contribution in [0.3, 0.4) is 0 Å². The molecule has 3 aromatic rings. The van der Waals surface area contributed by atoms with Crippen LogP contribution in [0.15, 0.2) is 58.1 Å². The van der Waals surface area contributed by atoms with Crippen molar-refractivity contribution in [3.63, 3.8) is 0 Å². The molecule has 2 heterocycles. The van der Waals surface area contributed by atoms with Crippen LogP contribution in [-0.4, -0.2) is 39.5 Å². The fourth-order valence-corrected chi connectivity index (χ4v) is 3.71. The third-order valence-corrected chi connectivity index (χ3v) is 5.78. The lowest BCUT2D eigenvalue weighted by Gasteiger charge is -2.14. The number of amides is 1. The summed E-state index contributed by atoms with van der Waals surface area (Å²) in [4.78, 5) is 39.2. The first-order valence-corrected chi connectivity index (χ1v) is 10.8. The summed E-state index contributed by atoms with van der Waals surface area (Å²) in [6, 6.07) is 14.1. The van der Waals surface area contributed by atoms with E-state index in [2.05, 4.69) is 10.4 Å². The molecule has 4 rings (SSSR count). The van der Waals surface area contributed by atoms with Crippen molar-refractivity contribution in [1.82, 2.24) is 19.7 Å². The number of carbonyl (C=O) groups is 1. The molecule has 0 spiro atoms. The summed E-state index contributed by atoms with van der Waals surface area (Å²) >= 11 is 6.24. The highest BCUT2D eigenvalue weighted by atomic mass is 35.5. The van der Waals surface area contributed by atoms with Crippen molar-refractivity contribution >= 4 is 17.5 Å². The minimum Gasteiger partial charge on any atom is -0.376 e. The molecule has 1 atom stereocenters. The monoisotopic (exact) mass is 454 g/mol. The van der Waals surface area contributed by atoms with Gasteiger partial charge in [0.1, 0.15) is 0 Å². The quantitative estimate of drug-likeness (QED) is 0.616. The van der Waals surface area contributed by atoms with Crippen molar-refractivity contribution in [2.24, 2.45) is 0 Å². The first kappa shape index (κ1) is 22.0. The predicted octanol–water partition coefficient (Wildman–Crippen LogP) is 2.31. The lowest BCUT2D eigenvalue weighted by molar-refractivity contribution is 0.0849. The molecule has 1 amide bonds. The summed E-state index contributed by atoms with van der Waals surface area (Å²) in [6.07, 6.45) is 1.68. The lowest BCUT2D eigenvalue weighted by atomic mass is 10.2. The summed E-state index contributed by atoms with van der Waals surface area (Å²) in [5.41, 5.74) is 0.163. The van der Waals surface area contributed by atoms with E-state index in [0.717, 1.165) is 33.2 Å². The second-order valence-electron chi connectivity index (χ2n) is 7.70. The highest BCUT2D eigenvalue weighted by Gasteiger charge is 2.23. The van der Waals surface area contributed by atoms with Gasteiger partial charge in [-0.15, -0.1) is 0 Å². The van der Waals surface area contributed by atoms with Gasteiger partial charge >= 0.3 is 5.69 Å². The van der Waals surface area contributed by atoms with E-state index >= 15 is 0 Å². The molecule has 0 radical (unpaired) electrons. The van der Waals surface area contributed by atoms with E-state index in [0.29, 0.717) is 17.3 Å². The van der Waals surface area contributed by atoms with Gasteiger partial charge in [-0.25, -0.2) is 4.79 Å². The minimum absolute atomic E-state index is 0.00658. The first-order chi connectivity index (χ1) is 15.4. The first-order valence-electron chi connectivity index (χ1n) is 10.4. The van der Waals surface area contributed by atoms with Gasteiger partial charge in [0, 0.05) is 18.2 Å². The van der Waals surface area contributed by atoms with Crippen LogP contribution in [0, 0.1) is 6.92 Å². The highest BCUT2D eigenvalue weighted by molar-refractivity contribution is 6.31. The van der Waals surface area contributed by atoms with Crippen molar-refractivity contribution < 1.29 is 9.53 Å². The maximum Gasteiger partial charge on any atom is 0.352 e. The molecule has 9 heteroatoms. The second-order valence-corrected chi connectivity index (χ2v) is 8.11. The summed E-state index contributed by atoms with van der Waals surface area (Å²) in [5.74, 6) is -0.653. The molecule has 0 bridgehead atoms. The van der Waals surface area contributed by atoms with E-state index in [4.69, 9.17) is 16.3 Å². The van der Waals surface area contributed by atoms with E-state index in [1.807, 2.05) is 25.1 Å². The Bertz CT molecular complexity index is 1250. The van der Waals surface area contributed by atoms with Crippen LogP contribution >= 0.6 is 11.6 Å². The number of nitrogens with zero attached hydrogens (tertiary/aromatic N) is 3. The van der Waals surface area contributed by atoms with Gasteiger partial charge in [0.15, 0.2) is 0 Å². The Morgan fingerprint density at radius 3 is 2.69 bits per heavy atom. The van der Waals surface area contributed by atoms with Gasteiger partial charge < -0.3 is 10.1 Å². The number of ether oxygens (including phenoxy) is 1. The zero-order valence-electron chi connectivity index (χ0n) is 17.6. The number of nitrogens with one attached hydrogen (secondary N) is 1. The topological polar surface area (TPSA) is 95.2 Å². The molecule has 1 aliphatic heterocycles. The largest absolute Gasteiger partial charge is 0.376 e. The average Bonchev–Trinajstić information content (AvgIpc) is 3.32. The zero-order chi connectivity index (χ0) is 22.7. The van der Waals surface area contributed by atoms with Crippen LogP contribution < -0.4 is 16.6 Å². The number of hydrogen-bond donors (Lipinski definition) is 1. The third-order valence-electron chi connectivity index (χ3n) is 5.37. The zero-order valence-corrected chi connectivity index (χ0v) is 18.3. The van der Waals surface area contributed by atoms with E-state index in [-0.39, 0.29) is 24.9 Å². The third kappa shape index (κ3) is 4.66. The number of hydrogen-bond acceptors (Lipinski definition) is 5. The molecule has 8 nitrogen and oxygen atoms in total. The molecule has 1 unspecified atom stereocenters. The smallest absolute Gasteiger partial charge is 0.352 e. The van der Waals surface area contributed by atoms with Crippen molar-refractivity contribution in [2.75, 3.05) is 13.2 Å². The molecule has 1 fully saturated rings. The van der Waals surface area contributed by atoms with E-state index in [1.165, 1.54) is 0 Å². The molecule has 166 valence electrons. The SMILES string of the molecule is Cc1ccc(-n2nc(C(=O)NCC3CCCO3)c(=O)n(Cc3ccccc3)c2=O)cc1Cl. The van der Waals surface area contributed by atoms with E-state index < -0.39 is 17.2 Å². The summed E-state index contributed by atoms with van der Waals surface area (Å²) in [6.45, 7) is 2.77. The molecule has 32 heavy (non-hydrogen) atoms. The molecule has 1 N–H and O–H groups in total. The van der Waals surface area contributed by atoms with E-state index in [1.54, 1.807) is 30.3 Å². The normalized spacial score (nSPS) is 15.6. The summed E-state index contributed by atoms with van der Waals surface area (Å²) in [7, 11) is 0. The number of halogens is 1. The van der Waals surface area contributed by atoms with Crippen molar-refractivity contribution in [1.29, 1.82) is 0 Å². The number of aromatic nitrogens is 3. The van der Waals surface area contributed by atoms with Gasteiger partial charge in [0.2, 0.25) is 5.69 Å². The van der Waals surface area contributed by atoms with Gasteiger partial charge in [-0.3, -0.25) is 14.2 Å². The van der Waals surface area contributed by atoms with Gasteiger partial charge in [-0.2, -0.15) is 9.78 Å².